The number of nitrogens with one attached hydrogen (secondary N) is 1. The number of carbonyl (C=O) groups is 1. The van der Waals surface area contributed by atoms with E-state index < -0.39 is 22.0 Å². The third-order valence-corrected chi connectivity index (χ3v) is 4.76. The molecule has 0 spiro atoms. The second kappa shape index (κ2) is 6.76. The molecule has 5 nitrogen and oxygen atoms in total. The van der Waals surface area contributed by atoms with E-state index in [1.165, 1.54) is 18.2 Å². The van der Waals surface area contributed by atoms with Gasteiger partial charge in [-0.1, -0.05) is 43.5 Å². The van der Waals surface area contributed by atoms with Gasteiger partial charge in [-0.2, -0.15) is 4.72 Å². The molecule has 0 heterocycles. The molecule has 1 aromatic rings. The number of carboxylic acid groups (broad SMARTS) is 1. The fourth-order valence-electron chi connectivity index (χ4n) is 1.56. The average Bonchev–Trinajstić information content (AvgIpc) is 2.33. The number of hydrogen-bond donors (Lipinski definition) is 2. The quantitative estimate of drug-likeness (QED) is 0.834. The Bertz CT molecular complexity index is 583. The van der Waals surface area contributed by atoms with Gasteiger partial charge in [0.2, 0.25) is 10.0 Å². The summed E-state index contributed by atoms with van der Waals surface area (Å²) < 4.78 is 26.5. The summed E-state index contributed by atoms with van der Waals surface area (Å²) in [5, 5.41) is 9.44. The van der Waals surface area contributed by atoms with Crippen molar-refractivity contribution in [1.29, 1.82) is 0 Å². The molecule has 0 aliphatic rings. The maximum Gasteiger partial charge on any atom is 0.322 e. The summed E-state index contributed by atoms with van der Waals surface area (Å²) >= 11 is 11.5. The van der Waals surface area contributed by atoms with Crippen molar-refractivity contribution >= 4 is 39.2 Å². The Morgan fingerprint density at radius 3 is 2.20 bits per heavy atom. The Kier molecular flexibility index (Phi) is 5.82. The van der Waals surface area contributed by atoms with Crippen LogP contribution >= 0.6 is 23.2 Å². The van der Waals surface area contributed by atoms with E-state index in [0.717, 1.165) is 0 Å². The lowest BCUT2D eigenvalue weighted by atomic mass is 10.0. The molecule has 0 saturated carbocycles. The van der Waals surface area contributed by atoms with Gasteiger partial charge in [0, 0.05) is 10.0 Å². The third-order valence-electron chi connectivity index (χ3n) is 2.91. The fraction of sp³-hybridized carbons (Fsp3) is 0.417. The molecule has 2 atom stereocenters. The number of halogens is 2. The van der Waals surface area contributed by atoms with Crippen molar-refractivity contribution in [2.24, 2.45) is 5.92 Å². The first kappa shape index (κ1) is 17.2. The first-order valence-electron chi connectivity index (χ1n) is 5.88. The van der Waals surface area contributed by atoms with Crippen molar-refractivity contribution < 1.29 is 18.3 Å². The lowest BCUT2D eigenvalue weighted by molar-refractivity contribution is -0.140. The number of benzene rings is 1. The lowest BCUT2D eigenvalue weighted by Gasteiger charge is -2.20. The van der Waals surface area contributed by atoms with Crippen LogP contribution in [0.5, 0.6) is 0 Å². The van der Waals surface area contributed by atoms with Crippen LogP contribution in [-0.4, -0.2) is 25.5 Å². The van der Waals surface area contributed by atoms with Crippen LogP contribution in [0.1, 0.15) is 20.3 Å². The molecular formula is C12H15Cl2NO4S. The predicted octanol–water partition coefficient (Wildman–Crippen LogP) is 2.77. The largest absolute Gasteiger partial charge is 0.480 e. The number of carboxylic acids is 1. The first-order valence-corrected chi connectivity index (χ1v) is 8.12. The van der Waals surface area contributed by atoms with Gasteiger partial charge in [0.25, 0.3) is 0 Å². The van der Waals surface area contributed by atoms with Crippen molar-refractivity contribution in [2.75, 3.05) is 0 Å². The standard InChI is InChI=1S/C12H15Cl2NO4S/c1-3-7(2)11(12(16)17)15-20(18,19)10-5-8(13)4-9(14)6-10/h4-7,11,15H,3H2,1-2H3,(H,16,17)/t7?,11-/m0/s1. The Labute approximate surface area is 127 Å². The molecule has 0 fully saturated rings. The van der Waals surface area contributed by atoms with E-state index >= 15 is 0 Å². The second-order valence-corrected chi connectivity index (χ2v) is 7.01. The molecule has 0 aliphatic heterocycles. The summed E-state index contributed by atoms with van der Waals surface area (Å²) in [5.41, 5.74) is 0. The fourth-order valence-corrected chi connectivity index (χ4v) is 3.59. The molecule has 0 bridgehead atoms. The number of sulfonamides is 1. The second-order valence-electron chi connectivity index (χ2n) is 4.43. The van der Waals surface area contributed by atoms with E-state index in [4.69, 9.17) is 28.3 Å². The van der Waals surface area contributed by atoms with Gasteiger partial charge in [0.1, 0.15) is 6.04 Å². The van der Waals surface area contributed by atoms with Gasteiger partial charge in [-0.3, -0.25) is 4.79 Å². The number of hydrogen-bond acceptors (Lipinski definition) is 3. The molecular weight excluding hydrogens is 325 g/mol. The van der Waals surface area contributed by atoms with Crippen LogP contribution in [0.4, 0.5) is 0 Å². The van der Waals surface area contributed by atoms with Crippen LogP contribution in [0.2, 0.25) is 10.0 Å². The third kappa shape index (κ3) is 4.34. The highest BCUT2D eigenvalue weighted by molar-refractivity contribution is 7.89. The minimum atomic E-state index is -4.00. The van der Waals surface area contributed by atoms with Crippen molar-refractivity contribution in [1.82, 2.24) is 4.72 Å². The predicted molar refractivity (Wildman–Crippen MR) is 77.7 cm³/mol. The highest BCUT2D eigenvalue weighted by Gasteiger charge is 2.29. The Morgan fingerprint density at radius 1 is 1.30 bits per heavy atom. The zero-order valence-electron chi connectivity index (χ0n) is 10.9. The molecule has 0 aromatic heterocycles. The normalized spacial score (nSPS) is 14.8. The molecule has 1 rings (SSSR count). The molecule has 0 radical (unpaired) electrons. The van der Waals surface area contributed by atoms with Gasteiger partial charge < -0.3 is 5.11 Å². The number of aliphatic carboxylic acids is 1. The lowest BCUT2D eigenvalue weighted by Crippen LogP contribution is -2.44. The zero-order valence-corrected chi connectivity index (χ0v) is 13.3. The van der Waals surface area contributed by atoms with Gasteiger partial charge in [-0.15, -0.1) is 0 Å². The van der Waals surface area contributed by atoms with Gasteiger partial charge in [0.15, 0.2) is 0 Å². The summed E-state index contributed by atoms with van der Waals surface area (Å²) in [7, 11) is -4.00. The van der Waals surface area contributed by atoms with Crippen LogP contribution < -0.4 is 4.72 Å². The van der Waals surface area contributed by atoms with E-state index in [9.17, 15) is 13.2 Å². The SMILES string of the molecule is CCC(C)[C@H](NS(=O)(=O)c1cc(Cl)cc(Cl)c1)C(=O)O. The minimum absolute atomic E-state index is 0.160. The topological polar surface area (TPSA) is 83.5 Å². The zero-order chi connectivity index (χ0) is 15.5. The van der Waals surface area contributed by atoms with E-state index in [0.29, 0.717) is 6.42 Å². The highest BCUT2D eigenvalue weighted by Crippen LogP contribution is 2.23. The molecule has 0 aliphatic carbocycles. The molecule has 8 heteroatoms. The monoisotopic (exact) mass is 339 g/mol. The smallest absolute Gasteiger partial charge is 0.322 e. The van der Waals surface area contributed by atoms with E-state index in [1.54, 1.807) is 13.8 Å². The molecule has 0 saturated heterocycles. The molecule has 20 heavy (non-hydrogen) atoms. The van der Waals surface area contributed by atoms with E-state index in [-0.39, 0.29) is 20.9 Å². The molecule has 1 aromatic carbocycles. The summed E-state index contributed by atoms with van der Waals surface area (Å²) in [6, 6.07) is 2.62. The Balaban J connectivity index is 3.13. The van der Waals surface area contributed by atoms with Crippen LogP contribution in [0, 0.1) is 5.92 Å². The summed E-state index contributed by atoms with van der Waals surface area (Å²) in [5.74, 6) is -1.58. The number of rotatable bonds is 6. The maximum atomic E-state index is 12.2. The Morgan fingerprint density at radius 2 is 1.80 bits per heavy atom. The van der Waals surface area contributed by atoms with Crippen molar-refractivity contribution in [3.05, 3.63) is 28.2 Å². The molecule has 0 amide bonds. The average molecular weight is 340 g/mol. The summed E-state index contributed by atoms with van der Waals surface area (Å²) in [6.07, 6.45) is 0.524. The molecule has 2 N–H and O–H groups in total. The van der Waals surface area contributed by atoms with Gasteiger partial charge in [0.05, 0.1) is 4.90 Å². The van der Waals surface area contributed by atoms with E-state index in [2.05, 4.69) is 4.72 Å². The maximum absolute atomic E-state index is 12.2. The minimum Gasteiger partial charge on any atom is -0.480 e. The van der Waals surface area contributed by atoms with Crippen LogP contribution in [0.25, 0.3) is 0 Å². The van der Waals surface area contributed by atoms with Crippen LogP contribution in [0.15, 0.2) is 23.1 Å². The van der Waals surface area contributed by atoms with Gasteiger partial charge in [-0.25, -0.2) is 8.42 Å². The van der Waals surface area contributed by atoms with E-state index in [1.807, 2.05) is 0 Å². The van der Waals surface area contributed by atoms with Crippen molar-refractivity contribution in [2.45, 2.75) is 31.2 Å². The van der Waals surface area contributed by atoms with Crippen LogP contribution in [-0.2, 0) is 14.8 Å². The summed E-state index contributed by atoms with van der Waals surface area (Å²) in [6.45, 7) is 3.44. The summed E-state index contributed by atoms with van der Waals surface area (Å²) in [4.78, 5) is 11.0. The molecule has 1 unspecified atom stereocenters. The Hall–Kier alpha value is -0.820. The molecule has 112 valence electrons. The van der Waals surface area contributed by atoms with Crippen molar-refractivity contribution in [3.63, 3.8) is 0 Å². The van der Waals surface area contributed by atoms with Crippen molar-refractivity contribution in [3.8, 4) is 0 Å². The highest BCUT2D eigenvalue weighted by atomic mass is 35.5. The van der Waals surface area contributed by atoms with Gasteiger partial charge in [-0.05, 0) is 24.1 Å². The van der Waals surface area contributed by atoms with Gasteiger partial charge >= 0.3 is 5.97 Å². The van der Waals surface area contributed by atoms with Crippen LogP contribution in [0.3, 0.4) is 0 Å². The first-order chi connectivity index (χ1) is 9.17.